The molecular formula is C20H28F2N4O4. The van der Waals surface area contributed by atoms with Gasteiger partial charge in [-0.25, -0.2) is 13.6 Å². The fourth-order valence-electron chi connectivity index (χ4n) is 3.98. The number of hydrogen-bond acceptors (Lipinski definition) is 4. The second-order valence-electron chi connectivity index (χ2n) is 7.66. The molecular weight excluding hydrogens is 398 g/mol. The number of hydrogen-bond donors (Lipinski definition) is 4. The maximum Gasteiger partial charge on any atom is 0.315 e. The van der Waals surface area contributed by atoms with E-state index in [0.717, 1.165) is 50.4 Å². The summed E-state index contributed by atoms with van der Waals surface area (Å²) in [6, 6.07) is 3.60. The second-order valence-corrected chi connectivity index (χ2v) is 7.66. The summed E-state index contributed by atoms with van der Waals surface area (Å²) >= 11 is 0. The molecule has 10 heteroatoms. The predicted octanol–water partition coefficient (Wildman–Crippen LogP) is 1.73. The zero-order chi connectivity index (χ0) is 22.1. The van der Waals surface area contributed by atoms with Gasteiger partial charge in [0.05, 0.1) is 0 Å². The normalized spacial score (nSPS) is 18.7. The Balaban J connectivity index is 0.00000101. The molecule has 1 saturated heterocycles. The summed E-state index contributed by atoms with van der Waals surface area (Å²) in [6.45, 7) is 1.77. The van der Waals surface area contributed by atoms with E-state index in [-0.39, 0.29) is 18.5 Å². The first kappa shape index (κ1) is 23.5. The topological polar surface area (TPSA) is 125 Å². The van der Waals surface area contributed by atoms with Crippen LogP contribution in [0.5, 0.6) is 0 Å². The molecule has 1 saturated carbocycles. The Hall–Kier alpha value is -2.75. The van der Waals surface area contributed by atoms with Crippen LogP contribution >= 0.6 is 0 Å². The molecule has 1 aliphatic heterocycles. The summed E-state index contributed by atoms with van der Waals surface area (Å²) in [7, 11) is 0. The van der Waals surface area contributed by atoms with Crippen LogP contribution in [0.2, 0.25) is 0 Å². The van der Waals surface area contributed by atoms with Gasteiger partial charge in [0.25, 0.3) is 6.47 Å². The molecule has 5 N–H and O–H groups in total. The standard InChI is InChI=1S/C19H26F2N4O2.CH2O2/c20-15-4-3-13(11-16(15)21)12-25-9-5-14(6-10-25)23-18(27)24-19(17(22)26)7-1-2-8-19;2-1-3/h3-4,11,14H,1-2,5-10,12H2,(H2,22,26)(H2,23,24,27);1H,(H,2,3). The molecule has 0 bridgehead atoms. The second kappa shape index (κ2) is 10.9. The van der Waals surface area contributed by atoms with Crippen LogP contribution in [-0.4, -0.2) is 53.1 Å². The van der Waals surface area contributed by atoms with Crippen molar-refractivity contribution < 1.29 is 28.3 Å². The summed E-state index contributed by atoms with van der Waals surface area (Å²) in [5, 5.41) is 12.6. The zero-order valence-corrected chi connectivity index (χ0v) is 16.7. The number of urea groups is 1. The van der Waals surface area contributed by atoms with Gasteiger partial charge in [-0.05, 0) is 43.4 Å². The number of halogens is 2. The van der Waals surface area contributed by atoms with Crippen molar-refractivity contribution in [3.8, 4) is 0 Å². The third kappa shape index (κ3) is 6.38. The lowest BCUT2D eigenvalue weighted by Gasteiger charge is -2.33. The Morgan fingerprint density at radius 2 is 1.80 bits per heavy atom. The molecule has 0 unspecified atom stereocenters. The van der Waals surface area contributed by atoms with Gasteiger partial charge >= 0.3 is 6.03 Å². The molecule has 0 radical (unpaired) electrons. The Labute approximate surface area is 173 Å². The minimum Gasteiger partial charge on any atom is -0.483 e. The number of nitrogens with one attached hydrogen (secondary N) is 2. The number of piperidine rings is 1. The molecule has 0 spiro atoms. The summed E-state index contributed by atoms with van der Waals surface area (Å²) in [5.74, 6) is -2.16. The van der Waals surface area contributed by atoms with Crippen molar-refractivity contribution in [2.24, 2.45) is 5.73 Å². The highest BCUT2D eigenvalue weighted by Crippen LogP contribution is 2.29. The quantitative estimate of drug-likeness (QED) is 0.534. The van der Waals surface area contributed by atoms with Crippen molar-refractivity contribution in [3.05, 3.63) is 35.4 Å². The van der Waals surface area contributed by atoms with Gasteiger partial charge in [0, 0.05) is 25.7 Å². The number of rotatable bonds is 5. The number of benzene rings is 1. The van der Waals surface area contributed by atoms with E-state index in [2.05, 4.69) is 15.5 Å². The fraction of sp³-hybridized carbons (Fsp3) is 0.550. The average molecular weight is 426 g/mol. The van der Waals surface area contributed by atoms with Crippen LogP contribution in [0, 0.1) is 11.6 Å². The van der Waals surface area contributed by atoms with Crippen LogP contribution in [-0.2, 0) is 16.1 Å². The predicted molar refractivity (Wildman–Crippen MR) is 105 cm³/mol. The van der Waals surface area contributed by atoms with E-state index < -0.39 is 23.1 Å². The first-order valence-electron chi connectivity index (χ1n) is 9.92. The van der Waals surface area contributed by atoms with Gasteiger partial charge in [0.15, 0.2) is 11.6 Å². The first-order chi connectivity index (χ1) is 14.3. The molecule has 166 valence electrons. The molecule has 0 aromatic heterocycles. The van der Waals surface area contributed by atoms with Crippen molar-refractivity contribution in [3.63, 3.8) is 0 Å². The van der Waals surface area contributed by atoms with E-state index in [1.807, 2.05) is 0 Å². The molecule has 8 nitrogen and oxygen atoms in total. The molecule has 2 fully saturated rings. The SMILES string of the molecule is NC(=O)C1(NC(=O)NC2CCN(Cc3ccc(F)c(F)c3)CC2)CCCC1.O=CO. The minimum absolute atomic E-state index is 0.0116. The molecule has 3 rings (SSSR count). The number of primary amides is 1. The van der Waals surface area contributed by atoms with Crippen LogP contribution in [0.1, 0.15) is 44.1 Å². The first-order valence-corrected chi connectivity index (χ1v) is 9.92. The molecule has 1 aromatic rings. The van der Waals surface area contributed by atoms with Crippen LogP contribution < -0.4 is 16.4 Å². The summed E-state index contributed by atoms with van der Waals surface area (Å²) in [5.41, 5.74) is 5.29. The molecule has 2 aliphatic rings. The molecule has 1 aromatic carbocycles. The van der Waals surface area contributed by atoms with Crippen LogP contribution in [0.3, 0.4) is 0 Å². The molecule has 1 heterocycles. The average Bonchev–Trinajstić information content (AvgIpc) is 3.17. The van der Waals surface area contributed by atoms with Gasteiger partial charge in [0.1, 0.15) is 5.54 Å². The van der Waals surface area contributed by atoms with E-state index in [1.165, 1.54) is 6.07 Å². The lowest BCUT2D eigenvalue weighted by Crippen LogP contribution is -2.59. The van der Waals surface area contributed by atoms with Crippen molar-refractivity contribution in [2.75, 3.05) is 13.1 Å². The van der Waals surface area contributed by atoms with E-state index in [9.17, 15) is 18.4 Å². The number of carbonyl (C=O) groups excluding carboxylic acids is 2. The highest BCUT2D eigenvalue weighted by atomic mass is 19.2. The van der Waals surface area contributed by atoms with Gasteiger partial charge in [-0.3, -0.25) is 14.5 Å². The number of nitrogens with two attached hydrogens (primary N) is 1. The third-order valence-corrected chi connectivity index (χ3v) is 5.59. The smallest absolute Gasteiger partial charge is 0.315 e. The van der Waals surface area contributed by atoms with E-state index >= 15 is 0 Å². The van der Waals surface area contributed by atoms with E-state index in [0.29, 0.717) is 19.4 Å². The molecule has 1 aliphatic carbocycles. The number of carbonyl (C=O) groups is 3. The number of nitrogens with zero attached hydrogens (tertiary/aromatic N) is 1. The van der Waals surface area contributed by atoms with Crippen LogP contribution in [0.25, 0.3) is 0 Å². The maximum atomic E-state index is 13.3. The Kier molecular flexibility index (Phi) is 8.52. The largest absolute Gasteiger partial charge is 0.483 e. The monoisotopic (exact) mass is 426 g/mol. The molecule has 0 atom stereocenters. The van der Waals surface area contributed by atoms with Crippen molar-refractivity contribution in [1.82, 2.24) is 15.5 Å². The number of amides is 3. The van der Waals surface area contributed by atoms with E-state index in [4.69, 9.17) is 15.6 Å². The van der Waals surface area contributed by atoms with Gasteiger partial charge in [-0.1, -0.05) is 18.9 Å². The van der Waals surface area contributed by atoms with Gasteiger partial charge in [0.2, 0.25) is 5.91 Å². The van der Waals surface area contributed by atoms with Crippen molar-refractivity contribution >= 4 is 18.4 Å². The van der Waals surface area contributed by atoms with E-state index in [1.54, 1.807) is 6.07 Å². The highest BCUT2D eigenvalue weighted by Gasteiger charge is 2.41. The van der Waals surface area contributed by atoms with Gasteiger partial charge in [-0.15, -0.1) is 0 Å². The number of likely N-dealkylation sites (tertiary alicyclic amines) is 1. The summed E-state index contributed by atoms with van der Waals surface area (Å²) in [4.78, 5) is 34.5. The minimum atomic E-state index is -0.919. The van der Waals surface area contributed by atoms with Gasteiger partial charge in [-0.2, -0.15) is 0 Å². The Morgan fingerprint density at radius 1 is 1.20 bits per heavy atom. The Morgan fingerprint density at radius 3 is 2.33 bits per heavy atom. The van der Waals surface area contributed by atoms with Crippen molar-refractivity contribution in [1.29, 1.82) is 0 Å². The summed E-state index contributed by atoms with van der Waals surface area (Å²) < 4.78 is 26.3. The highest BCUT2D eigenvalue weighted by molar-refractivity contribution is 5.90. The fourth-order valence-corrected chi connectivity index (χ4v) is 3.98. The van der Waals surface area contributed by atoms with Gasteiger partial charge < -0.3 is 21.5 Å². The maximum absolute atomic E-state index is 13.3. The van der Waals surface area contributed by atoms with Crippen LogP contribution in [0.15, 0.2) is 18.2 Å². The zero-order valence-electron chi connectivity index (χ0n) is 16.7. The van der Waals surface area contributed by atoms with Crippen LogP contribution in [0.4, 0.5) is 13.6 Å². The molecule has 30 heavy (non-hydrogen) atoms. The summed E-state index contributed by atoms with van der Waals surface area (Å²) in [6.07, 6.45) is 4.43. The third-order valence-electron chi connectivity index (χ3n) is 5.59. The number of carboxylic acid groups (broad SMARTS) is 1. The lowest BCUT2D eigenvalue weighted by molar-refractivity contribution is -0.124. The lowest BCUT2D eigenvalue weighted by atomic mass is 9.97. The van der Waals surface area contributed by atoms with Crippen molar-refractivity contribution in [2.45, 2.75) is 56.7 Å². The molecule has 3 amide bonds. The Bertz CT molecular complexity index is 748.